The fraction of sp³-hybridized carbons (Fsp3) is 0.481. The van der Waals surface area contributed by atoms with Crippen LogP contribution in [-0.4, -0.2) is 90.3 Å². The van der Waals surface area contributed by atoms with Gasteiger partial charge in [-0.1, -0.05) is 35.3 Å². The summed E-state index contributed by atoms with van der Waals surface area (Å²) in [5.74, 6) is -40.6. The number of hydrogen-bond acceptors (Lipinski definition) is 5. The molecular formula is C27H22Cl2F13NO6. The van der Waals surface area contributed by atoms with Crippen molar-refractivity contribution >= 4 is 35.3 Å². The second-order valence-electron chi connectivity index (χ2n) is 9.84. The van der Waals surface area contributed by atoms with Crippen LogP contribution in [0, 0.1) is 0 Å². The Kier molecular flexibility index (Phi) is 13.0. The van der Waals surface area contributed by atoms with Crippen molar-refractivity contribution in [3.63, 3.8) is 0 Å². The average Bonchev–Trinajstić information content (AvgIpc) is 2.97. The lowest BCUT2D eigenvalue weighted by atomic mass is 9.93. The molecule has 0 saturated heterocycles. The van der Waals surface area contributed by atoms with E-state index >= 15 is 0 Å². The van der Waals surface area contributed by atoms with E-state index in [2.05, 4.69) is 4.74 Å². The van der Waals surface area contributed by atoms with E-state index in [-0.39, 0.29) is 23.8 Å². The van der Waals surface area contributed by atoms with E-state index in [4.69, 9.17) is 32.7 Å². The molecule has 0 aromatic heterocycles. The van der Waals surface area contributed by atoms with Gasteiger partial charge < -0.3 is 19.3 Å². The summed E-state index contributed by atoms with van der Waals surface area (Å²) in [6.45, 7) is -3.71. The van der Waals surface area contributed by atoms with E-state index in [1.54, 1.807) is 6.92 Å². The molecule has 0 radical (unpaired) electrons. The second-order valence-corrected chi connectivity index (χ2v) is 10.7. The van der Waals surface area contributed by atoms with Crippen LogP contribution in [0.15, 0.2) is 42.5 Å². The zero-order valence-corrected chi connectivity index (χ0v) is 25.8. The van der Waals surface area contributed by atoms with E-state index in [9.17, 15) is 71.8 Å². The van der Waals surface area contributed by atoms with Crippen LogP contribution in [0.3, 0.4) is 0 Å². The predicted octanol–water partition coefficient (Wildman–Crippen LogP) is 8.64. The predicted molar refractivity (Wildman–Crippen MR) is 144 cm³/mol. The molecule has 2 aromatic carbocycles. The maximum absolute atomic E-state index is 14.7. The minimum atomic E-state index is -8.13. The van der Waals surface area contributed by atoms with Crippen LogP contribution in [-0.2, 0) is 16.0 Å². The third-order valence-electron chi connectivity index (χ3n) is 6.35. The fourth-order valence-electron chi connectivity index (χ4n) is 3.72. The number of amides is 1. The van der Waals surface area contributed by atoms with E-state index < -0.39 is 89.3 Å². The molecule has 0 spiro atoms. The number of carbonyl (C=O) groups excluding carboxylic acids is 1. The van der Waals surface area contributed by atoms with Gasteiger partial charge in [-0.3, -0.25) is 4.90 Å². The highest BCUT2D eigenvalue weighted by atomic mass is 35.5. The standard InChI is InChI=1S/C27H22Cl2F13NO6/c1-2-47-19(20(44)45)11-14-3-6-16(7-4-14)48-10-9-43(21(46)49-18-8-5-15(28)12-17(18)29)13-22(30,31)23(32,33)24(34,35)25(36,37)26(38,39)27(40,41)42/h3-8,12,19H,2,9-11,13H2,1H3,(H,44,45). The summed E-state index contributed by atoms with van der Waals surface area (Å²) in [6.07, 6.45) is -11.1. The Morgan fingerprint density at radius 3 is 1.86 bits per heavy atom. The largest absolute Gasteiger partial charge is 0.492 e. The third kappa shape index (κ3) is 9.05. The number of alkyl halides is 13. The quantitative estimate of drug-likeness (QED) is 0.172. The van der Waals surface area contributed by atoms with Crippen molar-refractivity contribution in [3.05, 3.63) is 58.1 Å². The monoisotopic (exact) mass is 773 g/mol. The highest BCUT2D eigenvalue weighted by molar-refractivity contribution is 6.35. The Labute approximate surface area is 277 Å². The summed E-state index contributed by atoms with van der Waals surface area (Å²) in [5.41, 5.74) is 0.383. The van der Waals surface area contributed by atoms with Gasteiger partial charge in [-0.05, 0) is 42.8 Å². The highest BCUT2D eigenvalue weighted by Crippen LogP contribution is 2.60. The zero-order valence-electron chi connectivity index (χ0n) is 24.3. The van der Waals surface area contributed by atoms with Crippen molar-refractivity contribution in [3.8, 4) is 11.5 Å². The topological polar surface area (TPSA) is 85.3 Å². The van der Waals surface area contributed by atoms with Crippen molar-refractivity contribution < 1.29 is 86.0 Å². The van der Waals surface area contributed by atoms with Crippen molar-refractivity contribution in [2.24, 2.45) is 0 Å². The zero-order chi connectivity index (χ0) is 37.8. The number of halogens is 15. The Morgan fingerprint density at radius 1 is 0.816 bits per heavy atom. The number of carboxylic acid groups (broad SMARTS) is 1. The Bertz CT molecular complexity index is 1460. The lowest BCUT2D eigenvalue weighted by Crippen LogP contribution is -2.71. The molecule has 2 rings (SSSR count). The molecule has 0 fully saturated rings. The molecule has 0 bridgehead atoms. The van der Waals surface area contributed by atoms with Crippen LogP contribution < -0.4 is 9.47 Å². The minimum absolute atomic E-state index is 0.0619. The minimum Gasteiger partial charge on any atom is -0.492 e. The summed E-state index contributed by atoms with van der Waals surface area (Å²) in [4.78, 5) is 23.4. The van der Waals surface area contributed by atoms with E-state index in [1.807, 2.05) is 0 Å². The number of carboxylic acids is 1. The Balaban J connectivity index is 2.37. The molecule has 1 amide bonds. The van der Waals surface area contributed by atoms with Gasteiger partial charge in [0.1, 0.15) is 12.4 Å². The number of nitrogens with zero attached hydrogens (tertiary/aromatic N) is 1. The molecule has 1 atom stereocenters. The van der Waals surface area contributed by atoms with Crippen molar-refractivity contribution in [1.29, 1.82) is 0 Å². The van der Waals surface area contributed by atoms with Crippen LogP contribution in [0.25, 0.3) is 0 Å². The summed E-state index contributed by atoms with van der Waals surface area (Å²) in [7, 11) is 0. The molecule has 7 nitrogen and oxygen atoms in total. The summed E-state index contributed by atoms with van der Waals surface area (Å²) in [5, 5.41) is 8.61. The van der Waals surface area contributed by atoms with Crippen LogP contribution >= 0.6 is 23.2 Å². The van der Waals surface area contributed by atoms with E-state index in [1.165, 1.54) is 24.3 Å². The van der Waals surface area contributed by atoms with Gasteiger partial charge >= 0.3 is 47.9 Å². The number of carbonyl (C=O) groups is 2. The molecule has 1 N–H and O–H groups in total. The van der Waals surface area contributed by atoms with Crippen molar-refractivity contribution in [2.75, 3.05) is 26.3 Å². The highest BCUT2D eigenvalue weighted by Gasteiger charge is 2.90. The maximum Gasteiger partial charge on any atom is 0.460 e. The van der Waals surface area contributed by atoms with Crippen LogP contribution in [0.5, 0.6) is 11.5 Å². The van der Waals surface area contributed by atoms with Gasteiger partial charge in [0.2, 0.25) is 0 Å². The molecule has 2 aromatic rings. The number of benzene rings is 2. The molecule has 49 heavy (non-hydrogen) atoms. The first-order valence-corrected chi connectivity index (χ1v) is 13.9. The first kappa shape index (κ1) is 41.8. The summed E-state index contributed by atoms with van der Waals surface area (Å²) < 4.78 is 192. The van der Waals surface area contributed by atoms with E-state index in [0.29, 0.717) is 5.56 Å². The molecule has 0 heterocycles. The molecule has 22 heteroatoms. The number of aliphatic carboxylic acids is 1. The lowest BCUT2D eigenvalue weighted by Gasteiger charge is -2.40. The lowest BCUT2D eigenvalue weighted by molar-refractivity contribution is -0.440. The van der Waals surface area contributed by atoms with Crippen LogP contribution in [0.4, 0.5) is 61.9 Å². The van der Waals surface area contributed by atoms with Gasteiger partial charge in [0.15, 0.2) is 11.9 Å². The van der Waals surface area contributed by atoms with Crippen molar-refractivity contribution in [1.82, 2.24) is 4.90 Å². The SMILES string of the molecule is CCOC(Cc1ccc(OCCN(CC(F)(F)C(F)(F)C(F)(F)C(F)(F)C(F)(F)C(F)(F)F)C(=O)Oc2ccc(Cl)cc2Cl)cc1)C(=O)O. The Morgan fingerprint density at radius 2 is 1.37 bits per heavy atom. The molecular weight excluding hydrogens is 752 g/mol. The number of hydrogen-bond donors (Lipinski definition) is 1. The van der Waals surface area contributed by atoms with Crippen LogP contribution in [0.1, 0.15) is 12.5 Å². The normalized spacial score (nSPS) is 14.0. The first-order chi connectivity index (χ1) is 22.2. The second kappa shape index (κ2) is 15.2. The van der Waals surface area contributed by atoms with Crippen molar-refractivity contribution in [2.45, 2.75) is 55.2 Å². The molecule has 276 valence electrons. The maximum atomic E-state index is 14.7. The van der Waals surface area contributed by atoms with Gasteiger partial charge in [-0.15, -0.1) is 0 Å². The molecule has 0 aliphatic heterocycles. The summed E-state index contributed by atoms with van der Waals surface area (Å²) >= 11 is 11.4. The van der Waals surface area contributed by atoms with Gasteiger partial charge in [-0.2, -0.15) is 57.1 Å². The molecule has 1 unspecified atom stereocenters. The first-order valence-electron chi connectivity index (χ1n) is 13.2. The van der Waals surface area contributed by atoms with Gasteiger partial charge in [-0.25, -0.2) is 9.59 Å². The number of rotatable bonds is 16. The number of ether oxygens (including phenoxy) is 3. The van der Waals surface area contributed by atoms with Gasteiger partial charge in [0.25, 0.3) is 0 Å². The van der Waals surface area contributed by atoms with Gasteiger partial charge in [0, 0.05) is 18.1 Å². The fourth-order valence-corrected chi connectivity index (χ4v) is 4.17. The molecule has 0 saturated carbocycles. The van der Waals surface area contributed by atoms with E-state index in [0.717, 1.165) is 18.2 Å². The smallest absolute Gasteiger partial charge is 0.460 e. The van der Waals surface area contributed by atoms with Crippen LogP contribution in [0.2, 0.25) is 10.0 Å². The average molecular weight is 774 g/mol. The summed E-state index contributed by atoms with van der Waals surface area (Å²) in [6, 6.07) is 7.79. The molecule has 0 aliphatic rings. The molecule has 0 aliphatic carbocycles. The third-order valence-corrected chi connectivity index (χ3v) is 6.89. The van der Waals surface area contributed by atoms with Gasteiger partial charge in [0.05, 0.1) is 18.1 Å². The Hall–Kier alpha value is -3.39.